The van der Waals surface area contributed by atoms with Crippen LogP contribution in [0.4, 0.5) is 0 Å². The topological polar surface area (TPSA) is 47.9 Å². The van der Waals surface area contributed by atoms with E-state index in [1.165, 1.54) is 0 Å². The van der Waals surface area contributed by atoms with Crippen molar-refractivity contribution in [3.8, 4) is 0 Å². The van der Waals surface area contributed by atoms with Crippen LogP contribution in [-0.4, -0.2) is 37.5 Å². The first kappa shape index (κ1) is 17.0. The summed E-state index contributed by atoms with van der Waals surface area (Å²) in [5, 5.41) is 8.84. The molecule has 0 aromatic heterocycles. The van der Waals surface area contributed by atoms with Crippen molar-refractivity contribution in [1.82, 2.24) is 0 Å². The fraction of sp³-hybridized carbons (Fsp3) is 1.00. The molecule has 0 unspecified atom stereocenters. The number of ether oxygens (including phenoxy) is 3. The standard InChI is InChI=1S/C9H20O4.Ti/c1-4-11-9(7-8-10,12-5-2)13-6-3;/h10H,4-8H2,1-3H3;. The molecule has 4 nitrogen and oxygen atoms in total. The monoisotopic (exact) mass is 240 g/mol. The van der Waals surface area contributed by atoms with E-state index in [0.717, 1.165) is 0 Å². The Hall–Kier alpha value is 0.554. The van der Waals surface area contributed by atoms with Crippen LogP contribution in [0.25, 0.3) is 0 Å². The van der Waals surface area contributed by atoms with Gasteiger partial charge in [0.1, 0.15) is 0 Å². The van der Waals surface area contributed by atoms with E-state index in [1.54, 1.807) is 0 Å². The van der Waals surface area contributed by atoms with Gasteiger partial charge in [0.05, 0.1) is 13.0 Å². The number of aliphatic hydroxyl groups is 1. The van der Waals surface area contributed by atoms with Gasteiger partial charge < -0.3 is 19.3 Å². The Balaban J connectivity index is 0. The number of rotatable bonds is 8. The Morgan fingerprint density at radius 1 is 0.929 bits per heavy atom. The molecule has 84 valence electrons. The first-order valence-electron chi connectivity index (χ1n) is 4.77. The van der Waals surface area contributed by atoms with Gasteiger partial charge in [-0.2, -0.15) is 0 Å². The molecule has 0 heterocycles. The van der Waals surface area contributed by atoms with Gasteiger partial charge in [-0.3, -0.25) is 0 Å². The van der Waals surface area contributed by atoms with Gasteiger partial charge in [-0.15, -0.1) is 0 Å². The van der Waals surface area contributed by atoms with Crippen molar-refractivity contribution in [3.05, 3.63) is 0 Å². The molecule has 0 saturated heterocycles. The summed E-state index contributed by atoms with van der Waals surface area (Å²) < 4.78 is 16.0. The second-order valence-corrected chi connectivity index (χ2v) is 2.46. The van der Waals surface area contributed by atoms with E-state index in [2.05, 4.69) is 0 Å². The molecule has 0 spiro atoms. The molecule has 0 atom stereocenters. The van der Waals surface area contributed by atoms with E-state index < -0.39 is 5.97 Å². The predicted molar refractivity (Wildman–Crippen MR) is 49.3 cm³/mol. The van der Waals surface area contributed by atoms with E-state index in [1.807, 2.05) is 20.8 Å². The zero-order valence-corrected chi connectivity index (χ0v) is 10.8. The second kappa shape index (κ2) is 10.1. The zero-order valence-electron chi connectivity index (χ0n) is 9.21. The van der Waals surface area contributed by atoms with E-state index in [0.29, 0.717) is 26.2 Å². The van der Waals surface area contributed by atoms with Crippen molar-refractivity contribution >= 4 is 0 Å². The number of aliphatic hydroxyl groups excluding tert-OH is 1. The minimum Gasteiger partial charge on any atom is -0.396 e. The van der Waals surface area contributed by atoms with Crippen LogP contribution in [0.15, 0.2) is 0 Å². The van der Waals surface area contributed by atoms with E-state index in [9.17, 15) is 0 Å². The van der Waals surface area contributed by atoms with Gasteiger partial charge >= 0.3 is 0 Å². The van der Waals surface area contributed by atoms with Gasteiger partial charge in [0.25, 0.3) is 5.97 Å². The minimum absolute atomic E-state index is 0. The molecule has 0 aliphatic rings. The zero-order chi connectivity index (χ0) is 10.2. The SMILES string of the molecule is CCOC(CCO)(OCC)OCC.[Ti]. The maximum atomic E-state index is 8.84. The van der Waals surface area contributed by atoms with Crippen LogP contribution in [0.3, 0.4) is 0 Å². The Morgan fingerprint density at radius 2 is 1.29 bits per heavy atom. The molecule has 0 bridgehead atoms. The maximum absolute atomic E-state index is 8.84. The second-order valence-electron chi connectivity index (χ2n) is 2.46. The smallest absolute Gasteiger partial charge is 0.285 e. The van der Waals surface area contributed by atoms with Crippen LogP contribution >= 0.6 is 0 Å². The van der Waals surface area contributed by atoms with Crippen molar-refractivity contribution in [2.45, 2.75) is 33.2 Å². The van der Waals surface area contributed by atoms with Crippen molar-refractivity contribution in [1.29, 1.82) is 0 Å². The van der Waals surface area contributed by atoms with Crippen LogP contribution < -0.4 is 0 Å². The van der Waals surface area contributed by atoms with Crippen molar-refractivity contribution < 1.29 is 41.0 Å². The molecule has 0 aliphatic carbocycles. The molecule has 14 heavy (non-hydrogen) atoms. The summed E-state index contributed by atoms with van der Waals surface area (Å²) in [7, 11) is 0. The Bertz CT molecular complexity index is 91.9. The van der Waals surface area contributed by atoms with Crippen LogP contribution in [0.1, 0.15) is 27.2 Å². The third-order valence-electron chi connectivity index (χ3n) is 1.51. The van der Waals surface area contributed by atoms with Gasteiger partial charge in [0.2, 0.25) is 0 Å². The van der Waals surface area contributed by atoms with Crippen LogP contribution in [-0.2, 0) is 35.9 Å². The Morgan fingerprint density at radius 3 is 1.50 bits per heavy atom. The summed E-state index contributed by atoms with van der Waals surface area (Å²) in [4.78, 5) is 0. The molecule has 0 aliphatic heterocycles. The van der Waals surface area contributed by atoms with Gasteiger partial charge in [-0.1, -0.05) is 0 Å². The molecule has 0 radical (unpaired) electrons. The normalized spacial score (nSPS) is 11.1. The first-order valence-corrected chi connectivity index (χ1v) is 4.77. The summed E-state index contributed by atoms with van der Waals surface area (Å²) in [6.45, 7) is 7.08. The Kier molecular flexibility index (Phi) is 12.2. The third kappa shape index (κ3) is 6.12. The molecule has 0 amide bonds. The van der Waals surface area contributed by atoms with E-state index >= 15 is 0 Å². The number of hydrogen-bond acceptors (Lipinski definition) is 4. The molecule has 0 fully saturated rings. The number of hydrogen-bond donors (Lipinski definition) is 1. The summed E-state index contributed by atoms with van der Waals surface area (Å²) in [6, 6.07) is 0. The minimum atomic E-state index is -1.05. The predicted octanol–water partition coefficient (Wildman–Crippen LogP) is 1.13. The van der Waals surface area contributed by atoms with Crippen molar-refractivity contribution in [3.63, 3.8) is 0 Å². The van der Waals surface area contributed by atoms with Crippen LogP contribution in [0.2, 0.25) is 0 Å². The molecule has 5 heteroatoms. The van der Waals surface area contributed by atoms with Crippen LogP contribution in [0, 0.1) is 0 Å². The average molecular weight is 240 g/mol. The average Bonchev–Trinajstić information content (AvgIpc) is 2.06. The Labute approximate surface area is 101 Å². The fourth-order valence-electron chi connectivity index (χ4n) is 1.14. The first-order chi connectivity index (χ1) is 6.24. The molecular weight excluding hydrogens is 220 g/mol. The molecule has 0 aromatic rings. The van der Waals surface area contributed by atoms with Gasteiger partial charge in [-0.25, -0.2) is 0 Å². The third-order valence-corrected chi connectivity index (χ3v) is 1.51. The summed E-state index contributed by atoms with van der Waals surface area (Å²) in [6.07, 6.45) is 0.336. The van der Waals surface area contributed by atoms with E-state index in [-0.39, 0.29) is 28.3 Å². The van der Waals surface area contributed by atoms with Crippen LogP contribution in [0.5, 0.6) is 0 Å². The maximum Gasteiger partial charge on any atom is 0.285 e. The largest absolute Gasteiger partial charge is 0.396 e. The molecule has 0 rings (SSSR count). The molecule has 1 N–H and O–H groups in total. The summed E-state index contributed by atoms with van der Waals surface area (Å²) in [5.41, 5.74) is 0. The summed E-state index contributed by atoms with van der Waals surface area (Å²) >= 11 is 0. The quantitative estimate of drug-likeness (QED) is 0.510. The fourth-order valence-corrected chi connectivity index (χ4v) is 1.14. The van der Waals surface area contributed by atoms with Crippen molar-refractivity contribution in [2.24, 2.45) is 0 Å². The molecule has 0 aromatic carbocycles. The van der Waals surface area contributed by atoms with E-state index in [4.69, 9.17) is 19.3 Å². The van der Waals surface area contributed by atoms with Gasteiger partial charge in [0.15, 0.2) is 0 Å². The molecule has 0 saturated carbocycles. The van der Waals surface area contributed by atoms with Crippen molar-refractivity contribution in [2.75, 3.05) is 26.4 Å². The van der Waals surface area contributed by atoms with Gasteiger partial charge in [-0.05, 0) is 20.8 Å². The van der Waals surface area contributed by atoms with Gasteiger partial charge in [0, 0.05) is 41.5 Å². The molecular formula is C9H20O4Ti. The summed E-state index contributed by atoms with van der Waals surface area (Å²) in [5.74, 6) is -1.05.